The van der Waals surface area contributed by atoms with Gasteiger partial charge < -0.3 is 10.2 Å². The maximum atomic E-state index is 11.3. The molecule has 0 fully saturated rings. The number of nitrogens with zero attached hydrogens (tertiary/aromatic N) is 1. The van der Waals surface area contributed by atoms with Crippen LogP contribution in [0.25, 0.3) is 0 Å². The third kappa shape index (κ3) is 1.50. The molecule has 0 atom stereocenters. The number of amides is 1. The highest BCUT2D eigenvalue weighted by molar-refractivity contribution is 14.1. The van der Waals surface area contributed by atoms with Crippen molar-refractivity contribution in [2.75, 3.05) is 23.8 Å². The zero-order valence-corrected chi connectivity index (χ0v) is 9.33. The molecule has 1 aromatic carbocycles. The van der Waals surface area contributed by atoms with Crippen LogP contribution in [0.1, 0.15) is 0 Å². The van der Waals surface area contributed by atoms with Gasteiger partial charge >= 0.3 is 0 Å². The Labute approximate surface area is 90.3 Å². The van der Waals surface area contributed by atoms with E-state index >= 15 is 0 Å². The number of rotatable bonds is 0. The van der Waals surface area contributed by atoms with E-state index in [-0.39, 0.29) is 5.91 Å². The molecule has 0 spiro atoms. The fraction of sp³-hybridized carbons (Fsp3) is 0.222. The first kappa shape index (κ1) is 8.80. The second-order valence-corrected chi connectivity index (χ2v) is 4.21. The Morgan fingerprint density at radius 3 is 3.08 bits per heavy atom. The molecular formula is C9H9IN2O. The van der Waals surface area contributed by atoms with Gasteiger partial charge in [0.05, 0.1) is 17.9 Å². The van der Waals surface area contributed by atoms with E-state index in [1.807, 2.05) is 18.2 Å². The molecule has 1 aliphatic rings. The summed E-state index contributed by atoms with van der Waals surface area (Å²) in [7, 11) is 1.80. The van der Waals surface area contributed by atoms with Gasteiger partial charge in [-0.2, -0.15) is 0 Å². The Kier molecular flexibility index (Phi) is 2.15. The minimum atomic E-state index is 0.105. The van der Waals surface area contributed by atoms with Crippen LogP contribution in [0, 0.1) is 3.57 Å². The van der Waals surface area contributed by atoms with Crippen LogP contribution in [-0.4, -0.2) is 19.5 Å². The predicted octanol–water partition coefficient (Wildman–Crippen LogP) is 1.68. The summed E-state index contributed by atoms with van der Waals surface area (Å²) in [5.74, 6) is 0.105. The molecule has 68 valence electrons. The lowest BCUT2D eigenvalue weighted by Gasteiger charge is -2.26. The molecule has 0 unspecified atom stereocenters. The van der Waals surface area contributed by atoms with Gasteiger partial charge in [0.2, 0.25) is 5.91 Å². The van der Waals surface area contributed by atoms with Crippen molar-refractivity contribution in [2.45, 2.75) is 0 Å². The number of fused-ring (bicyclic) bond motifs is 1. The molecule has 0 radical (unpaired) electrons. The normalized spacial score (nSPS) is 15.2. The van der Waals surface area contributed by atoms with Gasteiger partial charge in [-0.3, -0.25) is 4.79 Å². The molecule has 2 rings (SSSR count). The van der Waals surface area contributed by atoms with Crippen molar-refractivity contribution >= 4 is 39.9 Å². The van der Waals surface area contributed by atoms with E-state index in [1.165, 1.54) is 3.57 Å². The van der Waals surface area contributed by atoms with Gasteiger partial charge in [0.1, 0.15) is 0 Å². The second-order valence-electron chi connectivity index (χ2n) is 2.97. The monoisotopic (exact) mass is 288 g/mol. The summed E-state index contributed by atoms with van der Waals surface area (Å²) < 4.78 is 1.17. The molecule has 0 aromatic heterocycles. The Bertz CT molecular complexity index is 365. The predicted molar refractivity (Wildman–Crippen MR) is 61.1 cm³/mol. The Hall–Kier alpha value is -0.780. The first-order valence-corrected chi connectivity index (χ1v) is 5.06. The third-order valence-corrected chi connectivity index (χ3v) is 2.80. The number of halogens is 1. The van der Waals surface area contributed by atoms with Crippen LogP contribution < -0.4 is 10.2 Å². The van der Waals surface area contributed by atoms with E-state index < -0.39 is 0 Å². The van der Waals surface area contributed by atoms with Gasteiger partial charge in [-0.25, -0.2) is 0 Å². The Balaban J connectivity index is 2.49. The van der Waals surface area contributed by atoms with Gasteiger partial charge in [-0.1, -0.05) is 0 Å². The number of carbonyl (C=O) groups excluding carboxylic acids is 1. The molecule has 1 N–H and O–H groups in total. The lowest BCUT2D eigenvalue weighted by molar-refractivity contribution is -0.116. The average molecular weight is 288 g/mol. The fourth-order valence-electron chi connectivity index (χ4n) is 1.37. The highest BCUT2D eigenvalue weighted by Crippen LogP contribution is 2.29. The van der Waals surface area contributed by atoms with E-state index in [0.29, 0.717) is 6.54 Å². The molecule has 1 heterocycles. The summed E-state index contributed by atoms with van der Waals surface area (Å²) in [4.78, 5) is 13.0. The molecule has 1 amide bonds. The van der Waals surface area contributed by atoms with Crippen molar-refractivity contribution in [3.63, 3.8) is 0 Å². The minimum absolute atomic E-state index is 0.105. The van der Waals surface area contributed by atoms with Crippen molar-refractivity contribution in [3.05, 3.63) is 21.8 Å². The van der Waals surface area contributed by atoms with Crippen LogP contribution in [0.3, 0.4) is 0 Å². The Morgan fingerprint density at radius 1 is 1.54 bits per heavy atom. The maximum absolute atomic E-state index is 11.3. The van der Waals surface area contributed by atoms with Crippen LogP contribution in [0.2, 0.25) is 0 Å². The average Bonchev–Trinajstić information content (AvgIpc) is 2.12. The number of carbonyl (C=O) groups is 1. The van der Waals surface area contributed by atoms with Crippen molar-refractivity contribution in [1.29, 1.82) is 0 Å². The molecule has 3 nitrogen and oxygen atoms in total. The van der Waals surface area contributed by atoms with Crippen molar-refractivity contribution in [1.82, 2.24) is 0 Å². The summed E-state index contributed by atoms with van der Waals surface area (Å²) in [5, 5.41) is 3.09. The molecule has 13 heavy (non-hydrogen) atoms. The lowest BCUT2D eigenvalue weighted by Crippen LogP contribution is -2.36. The summed E-state index contributed by atoms with van der Waals surface area (Å²) in [6.45, 7) is 0.392. The van der Waals surface area contributed by atoms with E-state index in [9.17, 15) is 4.79 Å². The first-order valence-electron chi connectivity index (χ1n) is 3.98. The second kappa shape index (κ2) is 3.17. The molecule has 0 aliphatic carbocycles. The van der Waals surface area contributed by atoms with Gasteiger partial charge in [-0.15, -0.1) is 0 Å². The zero-order chi connectivity index (χ0) is 9.42. The van der Waals surface area contributed by atoms with Crippen LogP contribution >= 0.6 is 22.6 Å². The van der Waals surface area contributed by atoms with Crippen LogP contribution in [0.5, 0.6) is 0 Å². The number of anilines is 2. The van der Waals surface area contributed by atoms with E-state index in [0.717, 1.165) is 11.4 Å². The van der Waals surface area contributed by atoms with E-state index in [4.69, 9.17) is 0 Å². The number of hydrogen-bond acceptors (Lipinski definition) is 2. The van der Waals surface area contributed by atoms with E-state index in [1.54, 1.807) is 11.9 Å². The number of likely N-dealkylation sites (N-methyl/N-ethyl adjacent to an activating group) is 1. The number of nitrogens with one attached hydrogen (secondary N) is 1. The lowest BCUT2D eigenvalue weighted by atomic mass is 10.2. The summed E-state index contributed by atoms with van der Waals surface area (Å²) >= 11 is 2.25. The maximum Gasteiger partial charge on any atom is 0.246 e. The smallest absolute Gasteiger partial charge is 0.246 e. The van der Waals surface area contributed by atoms with Gasteiger partial charge in [0.25, 0.3) is 0 Å². The van der Waals surface area contributed by atoms with Crippen molar-refractivity contribution in [2.24, 2.45) is 0 Å². The number of benzene rings is 1. The molecule has 1 aliphatic heterocycles. The highest BCUT2D eigenvalue weighted by atomic mass is 127. The van der Waals surface area contributed by atoms with Crippen LogP contribution in [0.4, 0.5) is 11.4 Å². The molecular weight excluding hydrogens is 279 g/mol. The zero-order valence-electron chi connectivity index (χ0n) is 7.17. The summed E-state index contributed by atoms with van der Waals surface area (Å²) in [5.41, 5.74) is 1.99. The third-order valence-electron chi connectivity index (χ3n) is 2.12. The molecule has 1 aromatic rings. The van der Waals surface area contributed by atoms with Crippen LogP contribution in [-0.2, 0) is 4.79 Å². The SMILES string of the molecule is CN1C(=O)CNc2cc(I)ccc21. The van der Waals surface area contributed by atoms with Crippen molar-refractivity contribution in [3.8, 4) is 0 Å². The largest absolute Gasteiger partial charge is 0.374 e. The standard InChI is InChI=1S/C9H9IN2O/c1-12-8-3-2-6(10)4-7(8)11-5-9(12)13/h2-4,11H,5H2,1H3. The number of hydrogen-bond donors (Lipinski definition) is 1. The van der Waals surface area contributed by atoms with Gasteiger partial charge in [-0.05, 0) is 40.8 Å². The highest BCUT2D eigenvalue weighted by Gasteiger charge is 2.19. The first-order chi connectivity index (χ1) is 6.18. The van der Waals surface area contributed by atoms with E-state index in [2.05, 4.69) is 27.9 Å². The summed E-state index contributed by atoms with van der Waals surface area (Å²) in [6, 6.07) is 6.00. The van der Waals surface area contributed by atoms with Crippen molar-refractivity contribution < 1.29 is 4.79 Å². The summed E-state index contributed by atoms with van der Waals surface area (Å²) in [6.07, 6.45) is 0. The molecule has 0 saturated carbocycles. The quantitative estimate of drug-likeness (QED) is 0.737. The molecule has 4 heteroatoms. The van der Waals surface area contributed by atoms with Gasteiger partial charge in [0.15, 0.2) is 0 Å². The topological polar surface area (TPSA) is 32.3 Å². The fourth-order valence-corrected chi connectivity index (χ4v) is 1.86. The molecule has 0 bridgehead atoms. The molecule has 0 saturated heterocycles. The minimum Gasteiger partial charge on any atom is -0.374 e. The van der Waals surface area contributed by atoms with Crippen LogP contribution in [0.15, 0.2) is 18.2 Å². The van der Waals surface area contributed by atoms with Gasteiger partial charge in [0, 0.05) is 10.6 Å². The Morgan fingerprint density at radius 2 is 2.31 bits per heavy atom.